The number of fused-ring (bicyclic) bond motifs is 2. The highest BCUT2D eigenvalue weighted by Gasteiger charge is 2.39. The lowest BCUT2D eigenvalue weighted by molar-refractivity contribution is -0.138. The normalized spacial score (nSPS) is 16.5. The van der Waals surface area contributed by atoms with Gasteiger partial charge in [0.05, 0.1) is 21.5 Å². The molecule has 1 amide bonds. The lowest BCUT2D eigenvalue weighted by Gasteiger charge is -2.26. The number of aromatic nitrogens is 3. The molecule has 2 aromatic heterocycles. The predicted octanol–water partition coefficient (Wildman–Crippen LogP) is 5.28. The largest absolute Gasteiger partial charge is 0.416 e. The average molecular weight is 428 g/mol. The molecule has 0 fully saturated rings. The summed E-state index contributed by atoms with van der Waals surface area (Å²) in [4.78, 5) is 17.1. The smallest absolute Gasteiger partial charge is 0.310 e. The van der Waals surface area contributed by atoms with Crippen molar-refractivity contribution in [1.29, 1.82) is 0 Å². The van der Waals surface area contributed by atoms with Gasteiger partial charge in [-0.05, 0) is 30.7 Å². The summed E-state index contributed by atoms with van der Waals surface area (Å²) < 4.78 is 43.4. The van der Waals surface area contributed by atoms with E-state index in [9.17, 15) is 18.0 Å². The zero-order chi connectivity index (χ0) is 21.0. The molecule has 0 spiro atoms. The van der Waals surface area contributed by atoms with Crippen molar-refractivity contribution in [1.82, 2.24) is 14.8 Å². The van der Waals surface area contributed by atoms with Gasteiger partial charge in [-0.25, -0.2) is 4.98 Å². The van der Waals surface area contributed by atoms with Crippen LogP contribution in [0.1, 0.15) is 34.7 Å². The number of nitrogens with one attached hydrogen (secondary N) is 1. The Hall–Kier alpha value is -3.20. The first-order chi connectivity index (χ1) is 14.3. The number of alkyl halides is 3. The van der Waals surface area contributed by atoms with E-state index in [0.717, 1.165) is 16.3 Å². The van der Waals surface area contributed by atoms with Gasteiger partial charge in [-0.3, -0.25) is 4.79 Å². The summed E-state index contributed by atoms with van der Waals surface area (Å²) in [6, 6.07) is 13.0. The minimum atomic E-state index is -4.51. The van der Waals surface area contributed by atoms with E-state index in [4.69, 9.17) is 0 Å². The maximum Gasteiger partial charge on any atom is 0.416 e. The van der Waals surface area contributed by atoms with Crippen molar-refractivity contribution in [3.8, 4) is 5.13 Å². The zero-order valence-electron chi connectivity index (χ0n) is 15.7. The molecular weight excluding hydrogens is 413 g/mol. The van der Waals surface area contributed by atoms with Gasteiger partial charge in [0.2, 0.25) is 11.0 Å². The number of anilines is 1. The lowest BCUT2D eigenvalue weighted by Crippen LogP contribution is -2.26. The molecule has 30 heavy (non-hydrogen) atoms. The fourth-order valence-corrected chi connectivity index (χ4v) is 4.89. The Bertz CT molecular complexity index is 1260. The van der Waals surface area contributed by atoms with Crippen LogP contribution in [-0.2, 0) is 11.0 Å². The monoisotopic (exact) mass is 428 g/mol. The number of carbonyl (C=O) groups excluding carboxylic acids is 1. The average Bonchev–Trinajstić information content (AvgIpc) is 3.28. The van der Waals surface area contributed by atoms with Crippen LogP contribution in [0.25, 0.3) is 15.3 Å². The number of rotatable bonds is 2. The summed E-state index contributed by atoms with van der Waals surface area (Å²) in [5.74, 6) is -0.716. The summed E-state index contributed by atoms with van der Waals surface area (Å²) in [6.07, 6.45) is -4.59. The van der Waals surface area contributed by atoms with Crippen molar-refractivity contribution < 1.29 is 18.0 Å². The number of thiazole rings is 1. The maximum absolute atomic E-state index is 13.6. The molecule has 0 aliphatic carbocycles. The molecule has 3 heterocycles. The van der Waals surface area contributed by atoms with Crippen LogP contribution < -0.4 is 5.32 Å². The molecule has 0 saturated heterocycles. The van der Waals surface area contributed by atoms with Gasteiger partial charge in [0.25, 0.3) is 0 Å². The van der Waals surface area contributed by atoms with Gasteiger partial charge in [0.1, 0.15) is 5.82 Å². The van der Waals surface area contributed by atoms with E-state index < -0.39 is 17.7 Å². The van der Waals surface area contributed by atoms with Crippen LogP contribution in [0.3, 0.4) is 0 Å². The lowest BCUT2D eigenvalue weighted by atomic mass is 9.83. The summed E-state index contributed by atoms with van der Waals surface area (Å²) in [6.45, 7) is 1.74. The van der Waals surface area contributed by atoms with E-state index in [1.807, 2.05) is 24.3 Å². The van der Waals surface area contributed by atoms with Crippen LogP contribution in [-0.4, -0.2) is 20.7 Å². The quantitative estimate of drug-likeness (QED) is 0.472. The van der Waals surface area contributed by atoms with E-state index in [0.29, 0.717) is 22.2 Å². The highest BCUT2D eigenvalue weighted by molar-refractivity contribution is 7.20. The van der Waals surface area contributed by atoms with Crippen molar-refractivity contribution in [2.24, 2.45) is 0 Å². The topological polar surface area (TPSA) is 59.8 Å². The number of carbonyl (C=O) groups is 1. The number of hydrogen-bond donors (Lipinski definition) is 1. The minimum Gasteiger partial charge on any atom is -0.310 e. The number of benzene rings is 2. The van der Waals surface area contributed by atoms with Crippen LogP contribution in [0.5, 0.6) is 0 Å². The van der Waals surface area contributed by atoms with Crippen LogP contribution in [0.15, 0.2) is 48.5 Å². The van der Waals surface area contributed by atoms with Crippen molar-refractivity contribution in [2.75, 3.05) is 5.32 Å². The van der Waals surface area contributed by atoms with E-state index in [1.54, 1.807) is 13.0 Å². The van der Waals surface area contributed by atoms with Gasteiger partial charge >= 0.3 is 6.18 Å². The van der Waals surface area contributed by atoms with Crippen LogP contribution in [0, 0.1) is 6.92 Å². The molecule has 9 heteroatoms. The van der Waals surface area contributed by atoms with Gasteiger partial charge < -0.3 is 5.32 Å². The van der Waals surface area contributed by atoms with E-state index >= 15 is 0 Å². The highest BCUT2D eigenvalue weighted by Crippen LogP contribution is 2.44. The second-order valence-electron chi connectivity index (χ2n) is 7.11. The number of hydrogen-bond acceptors (Lipinski definition) is 4. The summed E-state index contributed by atoms with van der Waals surface area (Å²) in [5, 5.41) is 7.87. The van der Waals surface area contributed by atoms with E-state index in [-0.39, 0.29) is 17.9 Å². The molecule has 0 radical (unpaired) electrons. The van der Waals surface area contributed by atoms with Gasteiger partial charge in [-0.2, -0.15) is 23.0 Å². The van der Waals surface area contributed by atoms with Crippen molar-refractivity contribution >= 4 is 33.3 Å². The Morgan fingerprint density at radius 2 is 1.87 bits per heavy atom. The molecule has 1 aliphatic rings. The number of amides is 1. The summed E-state index contributed by atoms with van der Waals surface area (Å²) in [7, 11) is 0. The third kappa shape index (κ3) is 2.97. The SMILES string of the molecule is Cc1nn(-c2nc3ccccc3s2)c2c1[C@@H](c1ccccc1C(F)(F)F)CC(=O)N2. The number of para-hydroxylation sites is 1. The third-order valence-corrected chi connectivity index (χ3v) is 6.22. The van der Waals surface area contributed by atoms with Gasteiger partial charge in [-0.1, -0.05) is 41.7 Å². The number of nitrogens with zero attached hydrogens (tertiary/aromatic N) is 3. The molecule has 5 rings (SSSR count). The van der Waals surface area contributed by atoms with E-state index in [2.05, 4.69) is 15.4 Å². The third-order valence-electron chi connectivity index (χ3n) is 5.21. The maximum atomic E-state index is 13.6. The van der Waals surface area contributed by atoms with Crippen molar-refractivity contribution in [3.63, 3.8) is 0 Å². The summed E-state index contributed by atoms with van der Waals surface area (Å²) in [5.41, 5.74) is 1.29. The minimum absolute atomic E-state index is 0.0769. The number of aryl methyl sites for hydroxylation is 1. The molecule has 1 N–H and O–H groups in total. The molecule has 5 nitrogen and oxygen atoms in total. The first-order valence-corrected chi connectivity index (χ1v) is 10.1. The van der Waals surface area contributed by atoms with Gasteiger partial charge in [0, 0.05) is 17.9 Å². The molecular formula is C21H15F3N4OS. The van der Waals surface area contributed by atoms with Gasteiger partial charge in [0.15, 0.2) is 0 Å². The van der Waals surface area contributed by atoms with Crippen LogP contribution in [0.4, 0.5) is 19.0 Å². The molecule has 4 aromatic rings. The van der Waals surface area contributed by atoms with Crippen molar-refractivity contribution in [3.05, 3.63) is 70.9 Å². The molecule has 2 aromatic carbocycles. The first kappa shape index (κ1) is 18.8. The van der Waals surface area contributed by atoms with Crippen LogP contribution in [0.2, 0.25) is 0 Å². The molecule has 1 atom stereocenters. The molecule has 0 saturated carbocycles. The Morgan fingerprint density at radius 1 is 1.13 bits per heavy atom. The predicted molar refractivity (Wildman–Crippen MR) is 108 cm³/mol. The fourth-order valence-electron chi connectivity index (χ4n) is 3.96. The Balaban J connectivity index is 1.70. The Kier molecular flexibility index (Phi) is 4.18. The molecule has 0 bridgehead atoms. The fraction of sp³-hybridized carbons (Fsp3) is 0.190. The standard InChI is InChI=1S/C21H15F3N4OS/c1-11-18-13(12-6-2-3-7-14(12)21(22,23)24)10-17(29)26-19(18)28(27-11)20-25-15-8-4-5-9-16(15)30-20/h2-9,13H,10H2,1H3,(H,26,29)/t13-/m1/s1. The molecule has 0 unspecified atom stereocenters. The highest BCUT2D eigenvalue weighted by atomic mass is 32.1. The van der Waals surface area contributed by atoms with Crippen LogP contribution >= 0.6 is 11.3 Å². The second kappa shape index (κ2) is 6.66. The second-order valence-corrected chi connectivity index (χ2v) is 8.12. The first-order valence-electron chi connectivity index (χ1n) is 9.24. The number of halogens is 3. The zero-order valence-corrected chi connectivity index (χ0v) is 16.5. The van der Waals surface area contributed by atoms with Crippen molar-refractivity contribution in [2.45, 2.75) is 25.4 Å². The summed E-state index contributed by atoms with van der Waals surface area (Å²) >= 11 is 1.40. The van der Waals surface area contributed by atoms with Gasteiger partial charge in [-0.15, -0.1) is 0 Å². The Morgan fingerprint density at radius 3 is 2.63 bits per heavy atom. The molecule has 1 aliphatic heterocycles. The molecule has 152 valence electrons. The van der Waals surface area contributed by atoms with E-state index in [1.165, 1.54) is 28.2 Å². The Labute approximate surface area is 173 Å².